The lowest BCUT2D eigenvalue weighted by Crippen LogP contribution is -2.33. The van der Waals surface area contributed by atoms with Gasteiger partial charge in [-0.2, -0.15) is 0 Å². The highest BCUT2D eigenvalue weighted by molar-refractivity contribution is 4.94. The van der Waals surface area contributed by atoms with Crippen LogP contribution in [0.2, 0.25) is 0 Å². The molecular formula is C9H17NO. The minimum Gasteiger partial charge on any atom is -0.395 e. The molecule has 0 saturated carbocycles. The summed E-state index contributed by atoms with van der Waals surface area (Å²) < 4.78 is 0. The van der Waals surface area contributed by atoms with E-state index in [1.807, 2.05) is 6.92 Å². The second kappa shape index (κ2) is 4.52. The van der Waals surface area contributed by atoms with Crippen LogP contribution in [0.3, 0.4) is 0 Å². The van der Waals surface area contributed by atoms with E-state index in [0.29, 0.717) is 0 Å². The van der Waals surface area contributed by atoms with Crippen molar-refractivity contribution < 1.29 is 5.11 Å². The molecule has 0 amide bonds. The number of aliphatic hydroxyl groups is 1. The van der Waals surface area contributed by atoms with Crippen molar-refractivity contribution in [1.82, 2.24) is 5.32 Å². The average molecular weight is 155 g/mol. The predicted molar refractivity (Wildman–Crippen MR) is 46.4 cm³/mol. The molecule has 0 aromatic rings. The Bertz CT molecular complexity index is 126. The molecule has 0 aliphatic heterocycles. The maximum Gasteiger partial charge on any atom is 0.0581 e. The van der Waals surface area contributed by atoms with Crippen molar-refractivity contribution in [2.45, 2.75) is 25.8 Å². The fraction of sp³-hybridized carbons (Fsp3) is 0.778. The summed E-state index contributed by atoms with van der Waals surface area (Å²) in [7, 11) is 0. The van der Waals surface area contributed by atoms with Crippen LogP contribution in [0.25, 0.3) is 0 Å². The van der Waals surface area contributed by atoms with Crippen LogP contribution in [0.5, 0.6) is 0 Å². The number of allylic oxidation sites excluding steroid dienone is 2. The largest absolute Gasteiger partial charge is 0.395 e. The molecule has 1 aliphatic rings. The first-order chi connectivity index (χ1) is 5.33. The summed E-state index contributed by atoms with van der Waals surface area (Å²) in [4.78, 5) is 0. The van der Waals surface area contributed by atoms with Crippen LogP contribution in [0, 0.1) is 5.92 Å². The van der Waals surface area contributed by atoms with Crippen LogP contribution in [0.15, 0.2) is 12.2 Å². The molecular weight excluding hydrogens is 138 g/mol. The van der Waals surface area contributed by atoms with Crippen LogP contribution >= 0.6 is 0 Å². The van der Waals surface area contributed by atoms with Gasteiger partial charge in [-0.15, -0.1) is 0 Å². The lowest BCUT2D eigenvalue weighted by molar-refractivity contribution is 0.247. The van der Waals surface area contributed by atoms with Gasteiger partial charge < -0.3 is 10.4 Å². The van der Waals surface area contributed by atoms with Crippen molar-refractivity contribution in [2.24, 2.45) is 5.92 Å². The summed E-state index contributed by atoms with van der Waals surface area (Å²) in [5.74, 6) is 0.768. The normalized spacial score (nSPS) is 20.9. The third-order valence-electron chi connectivity index (χ3n) is 2.13. The Hall–Kier alpha value is -0.340. The fourth-order valence-corrected chi connectivity index (χ4v) is 1.27. The summed E-state index contributed by atoms with van der Waals surface area (Å²) in [5, 5.41) is 12.0. The zero-order valence-electron chi connectivity index (χ0n) is 7.09. The summed E-state index contributed by atoms with van der Waals surface area (Å²) in [6.45, 7) is 3.28. The van der Waals surface area contributed by atoms with Crippen molar-refractivity contribution in [3.05, 3.63) is 12.2 Å². The molecule has 0 aromatic carbocycles. The van der Waals surface area contributed by atoms with Gasteiger partial charge in [0.1, 0.15) is 0 Å². The Morgan fingerprint density at radius 3 is 2.73 bits per heavy atom. The Kier molecular flexibility index (Phi) is 3.60. The SMILES string of the molecule is CC(CO)NCC1CC=CC1. The number of rotatable bonds is 4. The van der Waals surface area contributed by atoms with Crippen LogP contribution in [-0.4, -0.2) is 24.3 Å². The van der Waals surface area contributed by atoms with Crippen LogP contribution in [0.4, 0.5) is 0 Å². The molecule has 0 spiro atoms. The van der Waals surface area contributed by atoms with Crippen LogP contribution < -0.4 is 5.32 Å². The van der Waals surface area contributed by atoms with Gasteiger partial charge in [-0.25, -0.2) is 0 Å². The maximum atomic E-state index is 8.73. The molecule has 0 bridgehead atoms. The molecule has 64 valence electrons. The van der Waals surface area contributed by atoms with Gasteiger partial charge in [-0.1, -0.05) is 12.2 Å². The third-order valence-corrected chi connectivity index (χ3v) is 2.13. The smallest absolute Gasteiger partial charge is 0.0581 e. The second-order valence-electron chi connectivity index (χ2n) is 3.30. The van der Waals surface area contributed by atoms with Gasteiger partial charge >= 0.3 is 0 Å². The molecule has 0 saturated heterocycles. The first-order valence-electron chi connectivity index (χ1n) is 4.32. The van der Waals surface area contributed by atoms with Gasteiger partial charge in [-0.05, 0) is 32.2 Å². The van der Waals surface area contributed by atoms with Gasteiger partial charge in [0.25, 0.3) is 0 Å². The predicted octanol–water partition coefficient (Wildman–Crippen LogP) is 0.923. The van der Waals surface area contributed by atoms with E-state index < -0.39 is 0 Å². The van der Waals surface area contributed by atoms with Gasteiger partial charge in [0, 0.05) is 6.04 Å². The highest BCUT2D eigenvalue weighted by Crippen LogP contribution is 2.16. The zero-order valence-corrected chi connectivity index (χ0v) is 7.09. The van der Waals surface area contributed by atoms with E-state index in [0.717, 1.165) is 12.5 Å². The van der Waals surface area contributed by atoms with Crippen LogP contribution in [-0.2, 0) is 0 Å². The highest BCUT2D eigenvalue weighted by atomic mass is 16.3. The van der Waals surface area contributed by atoms with Crippen LogP contribution in [0.1, 0.15) is 19.8 Å². The van der Waals surface area contributed by atoms with Crippen molar-refractivity contribution in [2.75, 3.05) is 13.2 Å². The Morgan fingerprint density at radius 2 is 2.18 bits per heavy atom. The van der Waals surface area contributed by atoms with E-state index in [2.05, 4.69) is 17.5 Å². The van der Waals surface area contributed by atoms with Crippen molar-refractivity contribution in [3.8, 4) is 0 Å². The van der Waals surface area contributed by atoms with E-state index in [1.165, 1.54) is 12.8 Å². The monoisotopic (exact) mass is 155 g/mol. The molecule has 11 heavy (non-hydrogen) atoms. The van der Waals surface area contributed by atoms with Gasteiger partial charge in [0.05, 0.1) is 6.61 Å². The molecule has 0 aromatic heterocycles. The summed E-state index contributed by atoms with van der Waals surface area (Å²) in [6, 6.07) is 0.246. The second-order valence-corrected chi connectivity index (χ2v) is 3.30. The molecule has 0 fully saturated rings. The molecule has 2 heteroatoms. The van der Waals surface area contributed by atoms with Gasteiger partial charge in [0.2, 0.25) is 0 Å². The van der Waals surface area contributed by atoms with E-state index in [1.54, 1.807) is 0 Å². The van der Waals surface area contributed by atoms with E-state index in [4.69, 9.17) is 5.11 Å². The minimum absolute atomic E-state index is 0.236. The van der Waals surface area contributed by atoms with Crippen molar-refractivity contribution in [1.29, 1.82) is 0 Å². The van der Waals surface area contributed by atoms with Gasteiger partial charge in [-0.3, -0.25) is 0 Å². The molecule has 0 heterocycles. The first-order valence-corrected chi connectivity index (χ1v) is 4.32. The Labute approximate surface area is 68.3 Å². The lowest BCUT2D eigenvalue weighted by atomic mass is 10.1. The third kappa shape index (κ3) is 3.04. The highest BCUT2D eigenvalue weighted by Gasteiger charge is 2.10. The number of nitrogens with one attached hydrogen (secondary N) is 1. The maximum absolute atomic E-state index is 8.73. The summed E-state index contributed by atoms with van der Waals surface area (Å²) >= 11 is 0. The molecule has 1 aliphatic carbocycles. The van der Waals surface area contributed by atoms with E-state index >= 15 is 0 Å². The van der Waals surface area contributed by atoms with Gasteiger partial charge in [0.15, 0.2) is 0 Å². The Morgan fingerprint density at radius 1 is 1.55 bits per heavy atom. The lowest BCUT2D eigenvalue weighted by Gasteiger charge is -2.14. The van der Waals surface area contributed by atoms with Crippen molar-refractivity contribution in [3.63, 3.8) is 0 Å². The molecule has 0 radical (unpaired) electrons. The number of hydrogen-bond acceptors (Lipinski definition) is 2. The number of hydrogen-bond donors (Lipinski definition) is 2. The standard InChI is InChI=1S/C9H17NO/c1-8(7-11)10-6-9-4-2-3-5-9/h2-3,8-11H,4-7H2,1H3. The fourth-order valence-electron chi connectivity index (χ4n) is 1.27. The molecule has 1 atom stereocenters. The van der Waals surface area contributed by atoms with Crippen molar-refractivity contribution >= 4 is 0 Å². The average Bonchev–Trinajstić information content (AvgIpc) is 2.52. The first kappa shape index (κ1) is 8.75. The molecule has 1 unspecified atom stereocenters. The van der Waals surface area contributed by atoms with E-state index in [-0.39, 0.29) is 12.6 Å². The number of aliphatic hydroxyl groups excluding tert-OH is 1. The minimum atomic E-state index is 0.236. The topological polar surface area (TPSA) is 32.3 Å². The zero-order chi connectivity index (χ0) is 8.10. The molecule has 2 nitrogen and oxygen atoms in total. The van der Waals surface area contributed by atoms with E-state index in [9.17, 15) is 0 Å². The Balaban J connectivity index is 2.03. The molecule has 2 N–H and O–H groups in total. The summed E-state index contributed by atoms with van der Waals surface area (Å²) in [6.07, 6.45) is 6.86. The molecule has 1 rings (SSSR count). The summed E-state index contributed by atoms with van der Waals surface area (Å²) in [5.41, 5.74) is 0. The quantitative estimate of drug-likeness (QED) is 0.592.